The van der Waals surface area contributed by atoms with Gasteiger partial charge in [-0.25, -0.2) is 0 Å². The van der Waals surface area contributed by atoms with E-state index in [0.29, 0.717) is 0 Å². The highest BCUT2D eigenvalue weighted by Crippen LogP contribution is 2.38. The smallest absolute Gasteiger partial charge is 0.0654 e. The molecular weight excluding hydrogens is 226 g/mol. The summed E-state index contributed by atoms with van der Waals surface area (Å²) in [5.74, 6) is 0. The Kier molecular flexibility index (Phi) is 1.69. The van der Waals surface area contributed by atoms with Crippen LogP contribution in [0.3, 0.4) is 0 Å². The molecule has 1 N–H and O–H groups in total. The molecule has 0 saturated carbocycles. The van der Waals surface area contributed by atoms with Crippen LogP contribution < -0.4 is 0 Å². The molecule has 0 fully saturated rings. The number of fused-ring (bicyclic) bond motifs is 5. The average Bonchev–Trinajstić information content (AvgIpc) is 2.84. The molecule has 0 aliphatic heterocycles. The maximum atomic E-state index is 3.53. The first-order valence-electron chi connectivity index (χ1n) is 5.72. The van der Waals surface area contributed by atoms with Crippen LogP contribution >= 0.6 is 11.3 Å². The lowest BCUT2D eigenvalue weighted by Crippen LogP contribution is -1.70. The quantitative estimate of drug-likeness (QED) is 0.450. The van der Waals surface area contributed by atoms with E-state index in [4.69, 9.17) is 0 Å². The summed E-state index contributed by atoms with van der Waals surface area (Å²) in [7, 11) is 0. The molecule has 0 amide bonds. The van der Waals surface area contributed by atoms with Crippen LogP contribution in [0.4, 0.5) is 0 Å². The molecule has 4 aromatic rings. The number of H-pyrrole nitrogens is 1. The number of aryl methyl sites for hydroxylation is 1. The molecule has 0 unspecified atom stereocenters. The van der Waals surface area contributed by atoms with E-state index in [0.717, 1.165) is 0 Å². The predicted molar refractivity (Wildman–Crippen MR) is 75.9 cm³/mol. The van der Waals surface area contributed by atoms with Crippen molar-refractivity contribution in [1.82, 2.24) is 4.98 Å². The van der Waals surface area contributed by atoms with E-state index in [1.165, 1.54) is 36.8 Å². The van der Waals surface area contributed by atoms with Gasteiger partial charge in [0.25, 0.3) is 0 Å². The summed E-state index contributed by atoms with van der Waals surface area (Å²) >= 11 is 1.88. The lowest BCUT2D eigenvalue weighted by Gasteiger charge is -1.92. The summed E-state index contributed by atoms with van der Waals surface area (Å²) in [6, 6.07) is 15.2. The Labute approximate surface area is 103 Å². The van der Waals surface area contributed by atoms with E-state index in [1.807, 2.05) is 11.3 Å². The van der Waals surface area contributed by atoms with E-state index >= 15 is 0 Å². The van der Waals surface area contributed by atoms with Crippen LogP contribution in [0.15, 0.2) is 42.5 Å². The minimum absolute atomic E-state index is 1.23. The second-order valence-corrected chi connectivity index (χ2v) is 5.53. The summed E-state index contributed by atoms with van der Waals surface area (Å²) in [4.78, 5) is 3.53. The van der Waals surface area contributed by atoms with E-state index < -0.39 is 0 Å². The van der Waals surface area contributed by atoms with Crippen molar-refractivity contribution in [2.75, 3.05) is 0 Å². The Hall–Kier alpha value is -1.80. The Morgan fingerprint density at radius 3 is 2.82 bits per heavy atom. The van der Waals surface area contributed by atoms with Crippen molar-refractivity contribution in [3.63, 3.8) is 0 Å². The molecule has 2 heteroatoms. The van der Waals surface area contributed by atoms with Crippen LogP contribution in [0.2, 0.25) is 0 Å². The summed E-state index contributed by atoms with van der Waals surface area (Å²) in [6.45, 7) is 2.14. The minimum atomic E-state index is 1.23. The molecule has 4 rings (SSSR count). The molecule has 0 aliphatic rings. The van der Waals surface area contributed by atoms with Crippen molar-refractivity contribution < 1.29 is 0 Å². The van der Waals surface area contributed by atoms with Gasteiger partial charge in [-0.15, -0.1) is 11.3 Å². The fraction of sp³-hybridized carbons (Fsp3) is 0.0667. The summed E-state index contributed by atoms with van der Waals surface area (Å²) < 4.78 is 2.75. The molecule has 82 valence electrons. The van der Waals surface area contributed by atoms with Crippen molar-refractivity contribution in [2.45, 2.75) is 6.92 Å². The van der Waals surface area contributed by atoms with Gasteiger partial charge in [-0.3, -0.25) is 0 Å². The summed E-state index contributed by atoms with van der Waals surface area (Å²) in [6.07, 6.45) is 0. The highest BCUT2D eigenvalue weighted by Gasteiger charge is 2.10. The van der Waals surface area contributed by atoms with Gasteiger partial charge in [0.15, 0.2) is 0 Å². The van der Waals surface area contributed by atoms with Crippen molar-refractivity contribution in [3.05, 3.63) is 48.0 Å². The zero-order valence-corrected chi connectivity index (χ0v) is 10.3. The Morgan fingerprint density at radius 1 is 1.00 bits per heavy atom. The highest BCUT2D eigenvalue weighted by atomic mass is 32.1. The first-order valence-corrected chi connectivity index (χ1v) is 6.54. The van der Waals surface area contributed by atoms with E-state index in [-0.39, 0.29) is 0 Å². The third-order valence-electron chi connectivity index (χ3n) is 3.28. The largest absolute Gasteiger partial charge is 0.353 e. The first kappa shape index (κ1) is 9.25. The number of aromatic amines is 1. The molecule has 2 aromatic carbocycles. The standard InChI is InChI=1S/C15H11NS/c1-9-6-7-11-13(8-9)17-15-10-4-2-3-5-12(10)16-14(11)15/h2-8,16H,1H3. The van der Waals surface area contributed by atoms with Gasteiger partial charge >= 0.3 is 0 Å². The number of nitrogens with one attached hydrogen (secondary N) is 1. The molecule has 0 aliphatic carbocycles. The SMILES string of the molecule is Cc1ccc2c(c1)sc1c3ccccc3[nH]c21. The number of hydrogen-bond acceptors (Lipinski definition) is 1. The maximum Gasteiger partial charge on any atom is 0.0654 e. The van der Waals surface area contributed by atoms with Gasteiger partial charge < -0.3 is 4.98 Å². The highest BCUT2D eigenvalue weighted by molar-refractivity contribution is 7.26. The van der Waals surface area contributed by atoms with Crippen LogP contribution in [0.25, 0.3) is 31.2 Å². The van der Waals surface area contributed by atoms with Crippen LogP contribution in [0.5, 0.6) is 0 Å². The third kappa shape index (κ3) is 1.19. The molecule has 17 heavy (non-hydrogen) atoms. The normalized spacial score (nSPS) is 11.8. The van der Waals surface area contributed by atoms with Gasteiger partial charge in [-0.1, -0.05) is 30.3 Å². The van der Waals surface area contributed by atoms with Crippen molar-refractivity contribution in [2.24, 2.45) is 0 Å². The first-order chi connectivity index (χ1) is 8.33. The van der Waals surface area contributed by atoms with Crippen LogP contribution in [0, 0.1) is 6.92 Å². The Balaban J connectivity index is 2.29. The van der Waals surface area contributed by atoms with Gasteiger partial charge in [0, 0.05) is 21.0 Å². The zero-order chi connectivity index (χ0) is 11.4. The molecule has 0 bridgehead atoms. The number of rotatable bonds is 0. The van der Waals surface area contributed by atoms with Crippen LogP contribution in [-0.2, 0) is 0 Å². The van der Waals surface area contributed by atoms with Gasteiger partial charge in [0.2, 0.25) is 0 Å². The van der Waals surface area contributed by atoms with Crippen LogP contribution in [-0.4, -0.2) is 4.98 Å². The van der Waals surface area contributed by atoms with Crippen molar-refractivity contribution in [3.8, 4) is 0 Å². The van der Waals surface area contributed by atoms with Gasteiger partial charge in [0.1, 0.15) is 0 Å². The molecule has 2 aromatic heterocycles. The van der Waals surface area contributed by atoms with Crippen LogP contribution in [0.1, 0.15) is 5.56 Å². The lowest BCUT2D eigenvalue weighted by atomic mass is 10.2. The molecular formula is C15H11NS. The molecule has 0 saturated heterocycles. The molecule has 0 atom stereocenters. The van der Waals surface area contributed by atoms with Gasteiger partial charge in [0.05, 0.1) is 10.2 Å². The topological polar surface area (TPSA) is 15.8 Å². The van der Waals surface area contributed by atoms with Crippen molar-refractivity contribution in [1.29, 1.82) is 0 Å². The Morgan fingerprint density at radius 2 is 1.88 bits per heavy atom. The number of para-hydroxylation sites is 1. The van der Waals surface area contributed by atoms with Gasteiger partial charge in [-0.2, -0.15) is 0 Å². The molecule has 2 heterocycles. The third-order valence-corrected chi connectivity index (χ3v) is 4.46. The van der Waals surface area contributed by atoms with Crippen molar-refractivity contribution >= 4 is 42.5 Å². The summed E-state index contributed by atoms with van der Waals surface area (Å²) in [5.41, 5.74) is 3.84. The fourth-order valence-corrected chi connectivity index (χ4v) is 3.74. The monoisotopic (exact) mass is 237 g/mol. The fourth-order valence-electron chi connectivity index (χ4n) is 2.44. The average molecular weight is 237 g/mol. The molecule has 1 nitrogen and oxygen atoms in total. The van der Waals surface area contributed by atoms with E-state index in [1.54, 1.807) is 0 Å². The summed E-state index contributed by atoms with van der Waals surface area (Å²) in [5, 5.41) is 2.67. The number of hydrogen-bond donors (Lipinski definition) is 1. The molecule has 0 spiro atoms. The number of benzene rings is 2. The predicted octanol–water partition coefficient (Wildman–Crippen LogP) is 4.84. The number of aromatic nitrogens is 1. The second kappa shape index (κ2) is 3.11. The van der Waals surface area contributed by atoms with Gasteiger partial charge in [-0.05, 0) is 24.6 Å². The minimum Gasteiger partial charge on any atom is -0.353 e. The maximum absolute atomic E-state index is 3.53. The van der Waals surface area contributed by atoms with E-state index in [2.05, 4.69) is 54.4 Å². The second-order valence-electron chi connectivity index (χ2n) is 4.48. The van der Waals surface area contributed by atoms with E-state index in [9.17, 15) is 0 Å². The lowest BCUT2D eigenvalue weighted by molar-refractivity contribution is 1.51. The molecule has 0 radical (unpaired) electrons. The zero-order valence-electron chi connectivity index (χ0n) is 9.45. The Bertz CT molecular complexity index is 851. The number of thiophene rings is 1.